The van der Waals surface area contributed by atoms with Gasteiger partial charge in [-0.05, 0) is 36.4 Å². The molecule has 2 N–H and O–H groups in total. The zero-order valence-electron chi connectivity index (χ0n) is 14.8. The van der Waals surface area contributed by atoms with Crippen LogP contribution in [0, 0.1) is 5.82 Å². The molecule has 0 atom stereocenters. The first kappa shape index (κ1) is 18.9. The minimum atomic E-state index is -0.468. The zero-order valence-corrected chi connectivity index (χ0v) is 14.8. The minimum Gasteiger partial charge on any atom is -0.379 e. The third kappa shape index (κ3) is 5.57. The van der Waals surface area contributed by atoms with Crippen molar-refractivity contribution in [2.24, 2.45) is 0 Å². The maximum Gasteiger partial charge on any atom is 0.274 e. The SMILES string of the molecule is O=C(NCCN1CCOCC1)c1cccc(C(=O)Nc2ccc(F)cc2)n1. The molecule has 0 spiro atoms. The van der Waals surface area contributed by atoms with E-state index < -0.39 is 5.91 Å². The molecule has 8 heteroatoms. The number of anilines is 1. The van der Waals surface area contributed by atoms with Crippen molar-refractivity contribution in [2.45, 2.75) is 0 Å². The number of hydrogen-bond acceptors (Lipinski definition) is 5. The van der Waals surface area contributed by atoms with Gasteiger partial charge < -0.3 is 15.4 Å². The van der Waals surface area contributed by atoms with Crippen LogP contribution in [0.5, 0.6) is 0 Å². The van der Waals surface area contributed by atoms with E-state index in [2.05, 4.69) is 20.5 Å². The van der Waals surface area contributed by atoms with Gasteiger partial charge in [0.15, 0.2) is 0 Å². The summed E-state index contributed by atoms with van der Waals surface area (Å²) in [6, 6.07) is 10.1. The van der Waals surface area contributed by atoms with Gasteiger partial charge in [-0.1, -0.05) is 6.07 Å². The van der Waals surface area contributed by atoms with Gasteiger partial charge in [0.1, 0.15) is 17.2 Å². The quantitative estimate of drug-likeness (QED) is 0.804. The second-order valence-corrected chi connectivity index (χ2v) is 6.08. The highest BCUT2D eigenvalue weighted by Crippen LogP contribution is 2.10. The molecule has 2 aromatic rings. The normalized spacial score (nSPS) is 14.6. The summed E-state index contributed by atoms with van der Waals surface area (Å²) in [5.41, 5.74) is 0.729. The number of halogens is 1. The van der Waals surface area contributed by atoms with Crippen LogP contribution in [0.15, 0.2) is 42.5 Å². The number of nitrogens with one attached hydrogen (secondary N) is 2. The Morgan fingerprint density at radius 3 is 2.41 bits per heavy atom. The Labute approximate surface area is 156 Å². The summed E-state index contributed by atoms with van der Waals surface area (Å²) in [6.07, 6.45) is 0. The minimum absolute atomic E-state index is 0.111. The molecule has 1 saturated heterocycles. The summed E-state index contributed by atoms with van der Waals surface area (Å²) in [5, 5.41) is 5.43. The number of ether oxygens (including phenoxy) is 1. The third-order valence-electron chi connectivity index (χ3n) is 4.13. The highest BCUT2D eigenvalue weighted by atomic mass is 19.1. The first-order chi connectivity index (χ1) is 13.1. The molecule has 1 aliphatic rings. The van der Waals surface area contributed by atoms with E-state index in [1.54, 1.807) is 12.1 Å². The van der Waals surface area contributed by atoms with Crippen LogP contribution in [0.25, 0.3) is 0 Å². The van der Waals surface area contributed by atoms with Crippen molar-refractivity contribution in [3.63, 3.8) is 0 Å². The standard InChI is InChI=1S/C19H21FN4O3/c20-14-4-6-15(7-5-14)22-19(26)17-3-1-2-16(23-17)18(25)21-8-9-24-10-12-27-13-11-24/h1-7H,8-13H2,(H,21,25)(H,22,26). The van der Waals surface area contributed by atoms with E-state index in [4.69, 9.17) is 4.74 Å². The number of morpholine rings is 1. The zero-order chi connectivity index (χ0) is 19.1. The number of hydrogen-bond donors (Lipinski definition) is 2. The smallest absolute Gasteiger partial charge is 0.274 e. The average Bonchev–Trinajstić information content (AvgIpc) is 2.70. The monoisotopic (exact) mass is 372 g/mol. The Bertz CT molecular complexity index is 792. The lowest BCUT2D eigenvalue weighted by molar-refractivity contribution is 0.0383. The van der Waals surface area contributed by atoms with Crippen LogP contribution in [0.1, 0.15) is 21.0 Å². The molecule has 0 aliphatic carbocycles. The first-order valence-corrected chi connectivity index (χ1v) is 8.74. The van der Waals surface area contributed by atoms with Crippen LogP contribution >= 0.6 is 0 Å². The Morgan fingerprint density at radius 2 is 1.70 bits per heavy atom. The van der Waals surface area contributed by atoms with Gasteiger partial charge in [-0.3, -0.25) is 14.5 Å². The van der Waals surface area contributed by atoms with Gasteiger partial charge in [0.05, 0.1) is 13.2 Å². The number of pyridine rings is 1. The molecule has 0 saturated carbocycles. The van der Waals surface area contributed by atoms with E-state index in [0.717, 1.165) is 19.6 Å². The van der Waals surface area contributed by atoms with Crippen LogP contribution < -0.4 is 10.6 Å². The number of carbonyl (C=O) groups is 2. The predicted octanol–water partition coefficient (Wildman–Crippen LogP) is 1.54. The van der Waals surface area contributed by atoms with Crippen LogP contribution in [-0.4, -0.2) is 61.1 Å². The topological polar surface area (TPSA) is 83.6 Å². The van der Waals surface area contributed by atoms with Crippen molar-refractivity contribution in [1.29, 1.82) is 0 Å². The van der Waals surface area contributed by atoms with Gasteiger partial charge in [0.25, 0.3) is 11.8 Å². The second-order valence-electron chi connectivity index (χ2n) is 6.08. The molecule has 1 fully saturated rings. The van der Waals surface area contributed by atoms with Crippen LogP contribution in [0.2, 0.25) is 0 Å². The maximum atomic E-state index is 12.9. The Balaban J connectivity index is 1.54. The van der Waals surface area contributed by atoms with Gasteiger partial charge in [0, 0.05) is 31.9 Å². The van der Waals surface area contributed by atoms with Crippen LogP contribution in [-0.2, 0) is 4.74 Å². The van der Waals surface area contributed by atoms with Crippen molar-refractivity contribution in [2.75, 3.05) is 44.7 Å². The molecule has 2 heterocycles. The molecule has 1 aromatic carbocycles. The molecule has 0 unspecified atom stereocenters. The summed E-state index contributed by atoms with van der Waals surface area (Å²) in [5.74, 6) is -1.19. The van der Waals surface area contributed by atoms with Crippen molar-refractivity contribution < 1.29 is 18.7 Å². The molecular formula is C19H21FN4O3. The van der Waals surface area contributed by atoms with E-state index >= 15 is 0 Å². The lowest BCUT2D eigenvalue weighted by Crippen LogP contribution is -2.41. The van der Waals surface area contributed by atoms with E-state index in [0.29, 0.717) is 25.4 Å². The van der Waals surface area contributed by atoms with Crippen LogP contribution in [0.4, 0.5) is 10.1 Å². The molecule has 0 bridgehead atoms. The average molecular weight is 372 g/mol. The Morgan fingerprint density at radius 1 is 1.04 bits per heavy atom. The maximum absolute atomic E-state index is 12.9. The van der Waals surface area contributed by atoms with Crippen molar-refractivity contribution in [3.05, 3.63) is 59.7 Å². The summed E-state index contributed by atoms with van der Waals surface area (Å²) >= 11 is 0. The van der Waals surface area contributed by atoms with Gasteiger partial charge in [-0.25, -0.2) is 9.37 Å². The molecule has 142 valence electrons. The van der Waals surface area contributed by atoms with Gasteiger partial charge >= 0.3 is 0 Å². The number of amides is 2. The summed E-state index contributed by atoms with van der Waals surface area (Å²) in [6.45, 7) is 4.36. The highest BCUT2D eigenvalue weighted by molar-refractivity contribution is 6.03. The molecule has 2 amide bonds. The molecule has 1 aromatic heterocycles. The van der Waals surface area contributed by atoms with Gasteiger partial charge in [-0.2, -0.15) is 0 Å². The summed E-state index contributed by atoms with van der Waals surface area (Å²) in [7, 11) is 0. The molecule has 7 nitrogen and oxygen atoms in total. The Kier molecular flexibility index (Phi) is 6.45. The fraction of sp³-hybridized carbons (Fsp3) is 0.316. The fourth-order valence-corrected chi connectivity index (χ4v) is 2.66. The molecular weight excluding hydrogens is 351 g/mol. The van der Waals surface area contributed by atoms with Crippen molar-refractivity contribution in [1.82, 2.24) is 15.2 Å². The number of rotatable bonds is 6. The van der Waals surface area contributed by atoms with Crippen molar-refractivity contribution in [3.8, 4) is 0 Å². The second kappa shape index (κ2) is 9.20. The van der Waals surface area contributed by atoms with E-state index in [-0.39, 0.29) is 23.1 Å². The fourth-order valence-electron chi connectivity index (χ4n) is 2.66. The predicted molar refractivity (Wildman–Crippen MR) is 98.2 cm³/mol. The molecule has 0 radical (unpaired) electrons. The lowest BCUT2D eigenvalue weighted by Gasteiger charge is -2.26. The number of nitrogens with zero attached hydrogens (tertiary/aromatic N) is 2. The molecule has 3 rings (SSSR count). The Hall–Kier alpha value is -2.84. The van der Waals surface area contributed by atoms with Crippen molar-refractivity contribution >= 4 is 17.5 Å². The summed E-state index contributed by atoms with van der Waals surface area (Å²) < 4.78 is 18.2. The third-order valence-corrected chi connectivity index (χ3v) is 4.13. The van der Waals surface area contributed by atoms with Gasteiger partial charge in [-0.15, -0.1) is 0 Å². The van der Waals surface area contributed by atoms with E-state index in [1.807, 2.05) is 0 Å². The summed E-state index contributed by atoms with van der Waals surface area (Å²) in [4.78, 5) is 30.9. The highest BCUT2D eigenvalue weighted by Gasteiger charge is 2.14. The van der Waals surface area contributed by atoms with Crippen LogP contribution in [0.3, 0.4) is 0 Å². The number of aromatic nitrogens is 1. The molecule has 1 aliphatic heterocycles. The lowest BCUT2D eigenvalue weighted by atomic mass is 10.2. The first-order valence-electron chi connectivity index (χ1n) is 8.74. The largest absolute Gasteiger partial charge is 0.379 e. The van der Waals surface area contributed by atoms with E-state index in [1.165, 1.54) is 30.3 Å². The number of benzene rings is 1. The van der Waals surface area contributed by atoms with E-state index in [9.17, 15) is 14.0 Å². The number of carbonyl (C=O) groups excluding carboxylic acids is 2. The van der Waals surface area contributed by atoms with Gasteiger partial charge in [0.2, 0.25) is 0 Å². The molecule has 27 heavy (non-hydrogen) atoms.